The molecular formula is C19H19ClN2O3. The van der Waals surface area contributed by atoms with Crippen molar-refractivity contribution < 1.29 is 9.90 Å². The van der Waals surface area contributed by atoms with Gasteiger partial charge >= 0.3 is 0 Å². The molecule has 0 unspecified atom stereocenters. The lowest BCUT2D eigenvalue weighted by atomic mass is 9.72. The standard InChI is InChI=1S/C19H19ClN2O3/c20-15-9-13(11-21-17(15)24)18(25)22-7-5-19(6-8-22)14-4-2-1-3-12(14)10-16(19)23/h1-4,9,11,16,23H,5-8,10H2,(H,21,24)/t16-/m1/s1. The van der Waals surface area contributed by atoms with Crippen LogP contribution in [0.5, 0.6) is 0 Å². The molecule has 6 heteroatoms. The number of halogens is 1. The third kappa shape index (κ3) is 2.58. The maximum Gasteiger partial charge on any atom is 0.266 e. The van der Waals surface area contributed by atoms with Crippen molar-refractivity contribution in [2.45, 2.75) is 30.8 Å². The molecule has 1 fully saturated rings. The number of fused-ring (bicyclic) bond motifs is 2. The minimum Gasteiger partial charge on any atom is -0.392 e. The zero-order valence-corrected chi connectivity index (χ0v) is 14.4. The Morgan fingerprint density at radius 3 is 2.72 bits per heavy atom. The van der Waals surface area contributed by atoms with Gasteiger partial charge in [-0.15, -0.1) is 0 Å². The van der Waals surface area contributed by atoms with E-state index in [2.05, 4.69) is 17.1 Å². The number of nitrogens with zero attached hydrogens (tertiary/aromatic N) is 1. The molecule has 2 aromatic rings. The fourth-order valence-corrected chi connectivity index (χ4v) is 4.41. The maximum atomic E-state index is 12.7. The number of rotatable bonds is 1. The summed E-state index contributed by atoms with van der Waals surface area (Å²) in [5, 5.41) is 10.7. The normalized spacial score (nSPS) is 21.4. The fraction of sp³-hybridized carbons (Fsp3) is 0.368. The van der Waals surface area contributed by atoms with Gasteiger partial charge < -0.3 is 15.0 Å². The molecule has 4 rings (SSSR count). The fourth-order valence-electron chi connectivity index (χ4n) is 4.24. The molecule has 1 spiro atoms. The molecule has 1 atom stereocenters. The molecule has 2 heterocycles. The molecule has 1 amide bonds. The Labute approximate surface area is 150 Å². The van der Waals surface area contributed by atoms with Crippen LogP contribution in [0.4, 0.5) is 0 Å². The molecule has 2 N–H and O–H groups in total. The van der Waals surface area contributed by atoms with Crippen LogP contribution in [0.3, 0.4) is 0 Å². The number of aromatic nitrogens is 1. The van der Waals surface area contributed by atoms with E-state index in [0.717, 1.165) is 12.8 Å². The van der Waals surface area contributed by atoms with Gasteiger partial charge in [-0.25, -0.2) is 0 Å². The van der Waals surface area contributed by atoms with Crippen molar-refractivity contribution in [1.82, 2.24) is 9.88 Å². The number of aliphatic hydroxyl groups is 1. The van der Waals surface area contributed by atoms with Gasteiger partial charge in [0, 0.05) is 24.7 Å². The van der Waals surface area contributed by atoms with E-state index in [-0.39, 0.29) is 16.3 Å². The SMILES string of the molecule is O=C(c1c[nH]c(=O)c(Cl)c1)N1CCC2(CC1)c1ccccc1C[C@H]2O. The zero-order chi connectivity index (χ0) is 17.6. The Bertz CT molecular complexity index is 884. The molecule has 0 bridgehead atoms. The largest absolute Gasteiger partial charge is 0.392 e. The molecule has 0 radical (unpaired) electrons. The van der Waals surface area contributed by atoms with E-state index in [1.54, 1.807) is 4.90 Å². The van der Waals surface area contributed by atoms with Crippen LogP contribution in [0.25, 0.3) is 0 Å². The van der Waals surface area contributed by atoms with E-state index in [9.17, 15) is 14.7 Å². The van der Waals surface area contributed by atoms with E-state index in [1.807, 2.05) is 12.1 Å². The van der Waals surface area contributed by atoms with Crippen molar-refractivity contribution >= 4 is 17.5 Å². The number of carbonyl (C=O) groups is 1. The smallest absolute Gasteiger partial charge is 0.266 e. The number of H-pyrrole nitrogens is 1. The second kappa shape index (κ2) is 6.00. The quantitative estimate of drug-likeness (QED) is 0.820. The van der Waals surface area contributed by atoms with Gasteiger partial charge in [-0.2, -0.15) is 0 Å². The van der Waals surface area contributed by atoms with Crippen LogP contribution >= 0.6 is 11.6 Å². The van der Waals surface area contributed by atoms with E-state index in [0.29, 0.717) is 25.1 Å². The summed E-state index contributed by atoms with van der Waals surface area (Å²) in [5.74, 6) is -0.145. The highest BCUT2D eigenvalue weighted by Gasteiger charge is 2.48. The summed E-state index contributed by atoms with van der Waals surface area (Å²) >= 11 is 5.82. The van der Waals surface area contributed by atoms with E-state index < -0.39 is 11.7 Å². The highest BCUT2D eigenvalue weighted by molar-refractivity contribution is 6.30. The highest BCUT2D eigenvalue weighted by Crippen LogP contribution is 2.46. The predicted octanol–water partition coefficient (Wildman–Crippen LogP) is 2.12. The molecule has 1 aliphatic carbocycles. The van der Waals surface area contributed by atoms with Crippen molar-refractivity contribution in [2.75, 3.05) is 13.1 Å². The maximum absolute atomic E-state index is 12.7. The predicted molar refractivity (Wildman–Crippen MR) is 95.0 cm³/mol. The average Bonchev–Trinajstić information content (AvgIpc) is 2.89. The van der Waals surface area contributed by atoms with Crippen molar-refractivity contribution in [3.05, 3.63) is 68.6 Å². The number of aliphatic hydroxyl groups excluding tert-OH is 1. The van der Waals surface area contributed by atoms with Crippen molar-refractivity contribution in [1.29, 1.82) is 0 Å². The van der Waals surface area contributed by atoms with Crippen LogP contribution in [0.2, 0.25) is 5.02 Å². The summed E-state index contributed by atoms with van der Waals surface area (Å²) in [6, 6.07) is 9.60. The Hall–Kier alpha value is -2.11. The third-order valence-electron chi connectivity index (χ3n) is 5.65. The summed E-state index contributed by atoms with van der Waals surface area (Å²) in [7, 11) is 0. The number of piperidine rings is 1. The Morgan fingerprint density at radius 1 is 1.28 bits per heavy atom. The first-order valence-corrected chi connectivity index (χ1v) is 8.83. The van der Waals surface area contributed by atoms with Crippen LogP contribution < -0.4 is 5.56 Å². The van der Waals surface area contributed by atoms with Gasteiger partial charge in [0.25, 0.3) is 11.5 Å². The van der Waals surface area contributed by atoms with Gasteiger partial charge in [0.2, 0.25) is 0 Å². The third-order valence-corrected chi connectivity index (χ3v) is 5.93. The number of aromatic amines is 1. The molecule has 1 aromatic carbocycles. The van der Waals surface area contributed by atoms with Crippen molar-refractivity contribution in [2.24, 2.45) is 0 Å². The van der Waals surface area contributed by atoms with E-state index >= 15 is 0 Å². The first kappa shape index (κ1) is 16.4. The van der Waals surface area contributed by atoms with Gasteiger partial charge in [0.05, 0.1) is 11.7 Å². The van der Waals surface area contributed by atoms with Gasteiger partial charge in [-0.3, -0.25) is 9.59 Å². The van der Waals surface area contributed by atoms with Crippen LogP contribution in [0.15, 0.2) is 41.3 Å². The second-order valence-corrected chi connectivity index (χ2v) is 7.30. The topological polar surface area (TPSA) is 73.4 Å². The Morgan fingerprint density at radius 2 is 2.00 bits per heavy atom. The lowest BCUT2D eigenvalue weighted by Gasteiger charge is -2.42. The minimum absolute atomic E-state index is 0.0134. The first-order valence-electron chi connectivity index (χ1n) is 8.45. The molecule has 130 valence electrons. The van der Waals surface area contributed by atoms with Gasteiger partial charge in [0.1, 0.15) is 5.02 Å². The molecule has 2 aliphatic rings. The number of pyridine rings is 1. The van der Waals surface area contributed by atoms with Crippen LogP contribution in [0.1, 0.15) is 34.3 Å². The number of hydrogen-bond donors (Lipinski definition) is 2. The van der Waals surface area contributed by atoms with Crippen molar-refractivity contribution in [3.63, 3.8) is 0 Å². The monoisotopic (exact) mass is 358 g/mol. The molecule has 1 aliphatic heterocycles. The number of benzene rings is 1. The summed E-state index contributed by atoms with van der Waals surface area (Å²) in [6.45, 7) is 1.14. The molecular weight excluding hydrogens is 340 g/mol. The summed E-state index contributed by atoms with van der Waals surface area (Å²) in [5.41, 5.74) is 2.16. The van der Waals surface area contributed by atoms with E-state index in [1.165, 1.54) is 23.4 Å². The zero-order valence-electron chi connectivity index (χ0n) is 13.7. The lowest BCUT2D eigenvalue weighted by molar-refractivity contribution is 0.0365. The molecule has 0 saturated carbocycles. The number of hydrogen-bond acceptors (Lipinski definition) is 3. The molecule has 25 heavy (non-hydrogen) atoms. The average molecular weight is 359 g/mol. The Balaban J connectivity index is 1.54. The first-order chi connectivity index (χ1) is 12.0. The Kier molecular flexibility index (Phi) is 3.93. The molecule has 5 nitrogen and oxygen atoms in total. The second-order valence-electron chi connectivity index (χ2n) is 6.89. The van der Waals surface area contributed by atoms with Gasteiger partial charge in [-0.05, 0) is 36.5 Å². The summed E-state index contributed by atoms with van der Waals surface area (Å²) < 4.78 is 0. The lowest BCUT2D eigenvalue weighted by Crippen LogP contribution is -2.49. The van der Waals surface area contributed by atoms with Gasteiger partial charge in [0.15, 0.2) is 0 Å². The number of likely N-dealkylation sites (tertiary alicyclic amines) is 1. The molecule has 1 aromatic heterocycles. The number of nitrogens with one attached hydrogen (secondary N) is 1. The number of amides is 1. The van der Waals surface area contributed by atoms with Crippen LogP contribution in [0, 0.1) is 0 Å². The van der Waals surface area contributed by atoms with Crippen LogP contribution in [-0.2, 0) is 11.8 Å². The van der Waals surface area contributed by atoms with Crippen molar-refractivity contribution in [3.8, 4) is 0 Å². The summed E-state index contributed by atoms with van der Waals surface area (Å²) in [4.78, 5) is 28.3. The summed E-state index contributed by atoms with van der Waals surface area (Å²) in [6.07, 6.45) is 3.15. The van der Waals surface area contributed by atoms with Gasteiger partial charge in [-0.1, -0.05) is 35.9 Å². The van der Waals surface area contributed by atoms with E-state index in [4.69, 9.17) is 11.6 Å². The highest BCUT2D eigenvalue weighted by atomic mass is 35.5. The molecule has 1 saturated heterocycles. The minimum atomic E-state index is -0.401. The van der Waals surface area contributed by atoms with Crippen LogP contribution in [-0.4, -0.2) is 40.1 Å². The number of carbonyl (C=O) groups excluding carboxylic acids is 1.